The van der Waals surface area contributed by atoms with E-state index in [2.05, 4.69) is 10.3 Å². The van der Waals surface area contributed by atoms with Crippen LogP contribution in [-0.2, 0) is 0 Å². The van der Waals surface area contributed by atoms with Crippen LogP contribution in [0.1, 0.15) is 41.7 Å². The number of aromatic nitrogens is 1. The summed E-state index contributed by atoms with van der Waals surface area (Å²) in [6.07, 6.45) is 5.32. The van der Waals surface area contributed by atoms with E-state index in [9.17, 15) is 9.90 Å². The van der Waals surface area contributed by atoms with Crippen molar-refractivity contribution < 1.29 is 9.90 Å². The predicted molar refractivity (Wildman–Crippen MR) is 69.3 cm³/mol. The summed E-state index contributed by atoms with van der Waals surface area (Å²) in [5, 5.41) is 12.5. The maximum absolute atomic E-state index is 12.0. The average Bonchev–Trinajstić information content (AvgIpc) is 2.37. The molecule has 0 aliphatic heterocycles. The number of carbonyl (C=O) groups excluding carboxylic acids is 1. The van der Waals surface area contributed by atoms with E-state index in [-0.39, 0.29) is 12.0 Å². The molecule has 1 amide bonds. The van der Waals surface area contributed by atoms with Gasteiger partial charge in [0.1, 0.15) is 0 Å². The molecule has 1 aliphatic rings. The van der Waals surface area contributed by atoms with Gasteiger partial charge < -0.3 is 10.4 Å². The van der Waals surface area contributed by atoms with Crippen molar-refractivity contribution in [3.8, 4) is 0 Å². The Morgan fingerprint density at radius 3 is 3.11 bits per heavy atom. The van der Waals surface area contributed by atoms with Crippen LogP contribution in [0.3, 0.4) is 0 Å². The van der Waals surface area contributed by atoms with Crippen LogP contribution in [0, 0.1) is 12.8 Å². The second kappa shape index (κ2) is 5.96. The summed E-state index contributed by atoms with van der Waals surface area (Å²) in [4.78, 5) is 16.1. The molecule has 98 valence electrons. The van der Waals surface area contributed by atoms with Gasteiger partial charge in [-0.3, -0.25) is 9.78 Å². The molecule has 0 saturated heterocycles. The lowest BCUT2D eigenvalue weighted by atomic mass is 9.87. The zero-order valence-electron chi connectivity index (χ0n) is 10.7. The van der Waals surface area contributed by atoms with Crippen LogP contribution < -0.4 is 5.32 Å². The fourth-order valence-electron chi connectivity index (χ4n) is 2.50. The van der Waals surface area contributed by atoms with Gasteiger partial charge in [-0.1, -0.05) is 6.42 Å². The van der Waals surface area contributed by atoms with E-state index in [0.29, 0.717) is 18.0 Å². The average molecular weight is 248 g/mol. The number of nitrogens with zero attached hydrogens (tertiary/aromatic N) is 1. The number of hydrogen-bond donors (Lipinski definition) is 2. The van der Waals surface area contributed by atoms with E-state index in [0.717, 1.165) is 31.4 Å². The Bertz CT molecular complexity index is 420. The van der Waals surface area contributed by atoms with Crippen molar-refractivity contribution in [3.63, 3.8) is 0 Å². The highest BCUT2D eigenvalue weighted by Gasteiger charge is 2.20. The Morgan fingerprint density at radius 1 is 1.56 bits per heavy atom. The van der Waals surface area contributed by atoms with E-state index < -0.39 is 0 Å². The summed E-state index contributed by atoms with van der Waals surface area (Å²) in [7, 11) is 0. The third-order valence-corrected chi connectivity index (χ3v) is 3.56. The van der Waals surface area contributed by atoms with Crippen molar-refractivity contribution >= 4 is 5.91 Å². The Hall–Kier alpha value is -1.42. The van der Waals surface area contributed by atoms with Gasteiger partial charge in [0.15, 0.2) is 0 Å². The Kier molecular flexibility index (Phi) is 4.31. The van der Waals surface area contributed by atoms with Gasteiger partial charge in [0.2, 0.25) is 0 Å². The van der Waals surface area contributed by atoms with Crippen LogP contribution in [0.25, 0.3) is 0 Å². The third-order valence-electron chi connectivity index (χ3n) is 3.56. The molecule has 1 aromatic rings. The lowest BCUT2D eigenvalue weighted by Crippen LogP contribution is -2.33. The number of amides is 1. The fraction of sp³-hybridized carbons (Fsp3) is 0.571. The van der Waals surface area contributed by atoms with Crippen LogP contribution in [0.4, 0.5) is 0 Å². The topological polar surface area (TPSA) is 62.2 Å². The van der Waals surface area contributed by atoms with E-state index >= 15 is 0 Å². The molecule has 1 heterocycles. The minimum Gasteiger partial charge on any atom is -0.393 e. The number of rotatable bonds is 3. The minimum absolute atomic E-state index is 0.0688. The number of pyridine rings is 1. The molecule has 0 radical (unpaired) electrons. The van der Waals surface area contributed by atoms with E-state index in [1.807, 2.05) is 6.92 Å². The van der Waals surface area contributed by atoms with E-state index in [1.54, 1.807) is 18.3 Å². The molecule has 2 rings (SSSR count). The number of hydrogen-bond acceptors (Lipinski definition) is 3. The lowest BCUT2D eigenvalue weighted by molar-refractivity contribution is 0.0873. The molecule has 1 aromatic heterocycles. The Labute approximate surface area is 107 Å². The highest BCUT2D eigenvalue weighted by molar-refractivity contribution is 5.95. The summed E-state index contributed by atoms with van der Waals surface area (Å²) in [5.74, 6) is 0.329. The highest BCUT2D eigenvalue weighted by atomic mass is 16.3. The van der Waals surface area contributed by atoms with Gasteiger partial charge in [0, 0.05) is 18.4 Å². The van der Waals surface area contributed by atoms with Crippen molar-refractivity contribution in [2.24, 2.45) is 5.92 Å². The standard InChI is InChI=1S/C14H20N2O2/c1-10-13(6-3-7-15-10)14(18)16-9-11-4-2-5-12(17)8-11/h3,6-7,11-12,17H,2,4-5,8-9H2,1H3,(H,16,18). The summed E-state index contributed by atoms with van der Waals surface area (Å²) < 4.78 is 0. The molecule has 18 heavy (non-hydrogen) atoms. The lowest BCUT2D eigenvalue weighted by Gasteiger charge is -2.25. The van der Waals surface area contributed by atoms with Crippen molar-refractivity contribution in [1.29, 1.82) is 0 Å². The van der Waals surface area contributed by atoms with Crippen LogP contribution in [0.5, 0.6) is 0 Å². The summed E-state index contributed by atoms with van der Waals surface area (Å²) >= 11 is 0. The number of nitrogens with one attached hydrogen (secondary N) is 1. The largest absolute Gasteiger partial charge is 0.393 e. The molecule has 1 fully saturated rings. The van der Waals surface area contributed by atoms with Gasteiger partial charge in [-0.15, -0.1) is 0 Å². The molecule has 2 atom stereocenters. The van der Waals surface area contributed by atoms with Crippen LogP contribution in [0.2, 0.25) is 0 Å². The van der Waals surface area contributed by atoms with Gasteiger partial charge in [-0.05, 0) is 44.2 Å². The smallest absolute Gasteiger partial charge is 0.253 e. The maximum Gasteiger partial charge on any atom is 0.253 e. The number of carbonyl (C=O) groups is 1. The first-order valence-electron chi connectivity index (χ1n) is 6.54. The Balaban J connectivity index is 1.87. The summed E-state index contributed by atoms with van der Waals surface area (Å²) in [6.45, 7) is 2.48. The second-order valence-corrected chi connectivity index (χ2v) is 5.03. The quantitative estimate of drug-likeness (QED) is 0.855. The van der Waals surface area contributed by atoms with Gasteiger partial charge in [0.25, 0.3) is 5.91 Å². The van der Waals surface area contributed by atoms with Crippen molar-refractivity contribution in [2.75, 3.05) is 6.54 Å². The van der Waals surface area contributed by atoms with Crippen LogP contribution >= 0.6 is 0 Å². The molecule has 0 bridgehead atoms. The molecular weight excluding hydrogens is 228 g/mol. The molecular formula is C14H20N2O2. The van der Waals surface area contributed by atoms with E-state index in [1.165, 1.54) is 0 Å². The summed E-state index contributed by atoms with van der Waals surface area (Å²) in [5.41, 5.74) is 1.38. The first kappa shape index (κ1) is 13.0. The van der Waals surface area contributed by atoms with Gasteiger partial charge in [-0.2, -0.15) is 0 Å². The zero-order chi connectivity index (χ0) is 13.0. The third kappa shape index (κ3) is 3.29. The molecule has 1 saturated carbocycles. The monoisotopic (exact) mass is 248 g/mol. The first-order valence-corrected chi connectivity index (χ1v) is 6.54. The second-order valence-electron chi connectivity index (χ2n) is 5.03. The number of aliphatic hydroxyl groups is 1. The Morgan fingerprint density at radius 2 is 2.39 bits per heavy atom. The predicted octanol–water partition coefficient (Wildman–Crippen LogP) is 1.67. The van der Waals surface area contributed by atoms with Gasteiger partial charge in [-0.25, -0.2) is 0 Å². The van der Waals surface area contributed by atoms with Crippen molar-refractivity contribution in [3.05, 3.63) is 29.6 Å². The molecule has 2 N–H and O–H groups in total. The van der Waals surface area contributed by atoms with Crippen LogP contribution in [0.15, 0.2) is 18.3 Å². The van der Waals surface area contributed by atoms with Crippen LogP contribution in [-0.4, -0.2) is 28.6 Å². The molecule has 1 aliphatic carbocycles. The zero-order valence-corrected chi connectivity index (χ0v) is 10.7. The molecule has 4 nitrogen and oxygen atoms in total. The molecule has 0 spiro atoms. The van der Waals surface area contributed by atoms with Gasteiger partial charge in [0.05, 0.1) is 11.7 Å². The molecule has 4 heteroatoms. The van der Waals surface area contributed by atoms with Crippen molar-refractivity contribution in [2.45, 2.75) is 38.7 Å². The van der Waals surface area contributed by atoms with Crippen molar-refractivity contribution in [1.82, 2.24) is 10.3 Å². The highest BCUT2D eigenvalue weighted by Crippen LogP contribution is 2.23. The maximum atomic E-state index is 12.0. The fourth-order valence-corrected chi connectivity index (χ4v) is 2.50. The molecule has 0 aromatic carbocycles. The minimum atomic E-state index is -0.194. The van der Waals surface area contributed by atoms with E-state index in [4.69, 9.17) is 0 Å². The number of aliphatic hydroxyl groups excluding tert-OH is 1. The SMILES string of the molecule is Cc1ncccc1C(=O)NCC1CCCC(O)C1. The van der Waals surface area contributed by atoms with Gasteiger partial charge >= 0.3 is 0 Å². The normalized spacial score (nSPS) is 23.7. The molecule has 2 unspecified atom stereocenters. The first-order chi connectivity index (χ1) is 8.66. The summed E-state index contributed by atoms with van der Waals surface area (Å²) in [6, 6.07) is 3.56. The number of aryl methyl sites for hydroxylation is 1.